The number of hydrogen-bond donors (Lipinski definition) is 2. The molecule has 0 aromatic rings. The van der Waals surface area contributed by atoms with E-state index in [4.69, 9.17) is 11.5 Å². The van der Waals surface area contributed by atoms with Crippen molar-refractivity contribution in [2.45, 2.75) is 32.2 Å². The molecule has 4 heteroatoms. The minimum atomic E-state index is -0.130. The van der Waals surface area contributed by atoms with Crippen LogP contribution in [0.5, 0.6) is 0 Å². The zero-order valence-corrected chi connectivity index (χ0v) is 8.23. The van der Waals surface area contributed by atoms with Crippen LogP contribution in [-0.4, -0.2) is 12.1 Å². The Morgan fingerprint density at radius 1 is 1.30 bits per heavy atom. The highest BCUT2D eigenvalue weighted by Crippen LogP contribution is 2.04. The average Bonchev–Trinajstić information content (AvgIpc) is 1.67. The second kappa shape index (κ2) is 7.61. The Morgan fingerprint density at radius 3 is 1.80 bits per heavy atom. The minimum Gasteiger partial charge on any atom is -0.329 e. The number of halogens is 2. The highest BCUT2D eigenvalue weighted by molar-refractivity contribution is 5.85. The molecular weight excluding hydrogens is 171 g/mol. The lowest BCUT2D eigenvalue weighted by Gasteiger charge is -2.20. The van der Waals surface area contributed by atoms with Crippen molar-refractivity contribution in [3.63, 3.8) is 0 Å². The monoisotopic (exact) mass is 188 g/mol. The lowest BCUT2D eigenvalue weighted by Crippen LogP contribution is -2.43. The van der Waals surface area contributed by atoms with E-state index in [1.807, 2.05) is 6.92 Å². The molecule has 0 fully saturated rings. The van der Waals surface area contributed by atoms with E-state index in [-0.39, 0.29) is 30.4 Å². The maximum absolute atomic E-state index is 5.70. The zero-order valence-electron chi connectivity index (χ0n) is 6.59. The molecule has 0 radical (unpaired) electrons. The van der Waals surface area contributed by atoms with Gasteiger partial charge in [0.25, 0.3) is 0 Å². The molecule has 0 aliphatic carbocycles. The molecule has 0 aliphatic rings. The van der Waals surface area contributed by atoms with Crippen molar-refractivity contribution in [2.24, 2.45) is 11.5 Å². The molecule has 0 aromatic carbocycles. The van der Waals surface area contributed by atoms with Crippen molar-refractivity contribution in [3.8, 4) is 0 Å². The number of nitrogens with two attached hydrogens (primary N) is 2. The van der Waals surface area contributed by atoms with Gasteiger partial charge in [0, 0.05) is 12.1 Å². The van der Waals surface area contributed by atoms with E-state index in [0.717, 1.165) is 12.8 Å². The lowest BCUT2D eigenvalue weighted by atomic mass is 9.98. The van der Waals surface area contributed by atoms with Crippen LogP contribution in [0, 0.1) is 0 Å². The van der Waals surface area contributed by atoms with Crippen LogP contribution in [-0.2, 0) is 0 Å². The Morgan fingerprint density at radius 2 is 1.70 bits per heavy atom. The Balaban J connectivity index is -0.000000245. The molecule has 0 heterocycles. The van der Waals surface area contributed by atoms with Crippen molar-refractivity contribution in [1.29, 1.82) is 0 Å². The topological polar surface area (TPSA) is 52.0 Å². The van der Waals surface area contributed by atoms with Crippen LogP contribution in [0.4, 0.5) is 0 Å². The van der Waals surface area contributed by atoms with Gasteiger partial charge in [-0.05, 0) is 13.3 Å². The molecule has 0 amide bonds. The molecule has 0 aliphatic heterocycles. The van der Waals surface area contributed by atoms with Gasteiger partial charge in [0.05, 0.1) is 0 Å². The van der Waals surface area contributed by atoms with Gasteiger partial charge in [-0.25, -0.2) is 0 Å². The first-order chi connectivity index (χ1) is 3.62. The summed E-state index contributed by atoms with van der Waals surface area (Å²) in [7, 11) is 0. The summed E-state index contributed by atoms with van der Waals surface area (Å²) in [6.45, 7) is 4.68. The summed E-state index contributed by atoms with van der Waals surface area (Å²) in [6.07, 6.45) is 2.13. The van der Waals surface area contributed by atoms with E-state index in [1.54, 1.807) is 0 Å². The third-order valence-electron chi connectivity index (χ3n) is 1.29. The summed E-state index contributed by atoms with van der Waals surface area (Å²) in [6, 6.07) is 0. The zero-order chi connectivity index (χ0) is 6.62. The van der Waals surface area contributed by atoms with Crippen LogP contribution in [0.2, 0.25) is 0 Å². The van der Waals surface area contributed by atoms with E-state index in [1.165, 1.54) is 0 Å². The van der Waals surface area contributed by atoms with Crippen LogP contribution in [0.1, 0.15) is 26.7 Å². The van der Waals surface area contributed by atoms with Gasteiger partial charge in [-0.1, -0.05) is 13.3 Å². The quantitative estimate of drug-likeness (QED) is 0.703. The SMILES string of the molecule is CCCC(C)(N)CN.Cl.Cl. The van der Waals surface area contributed by atoms with Gasteiger partial charge >= 0.3 is 0 Å². The van der Waals surface area contributed by atoms with Crippen LogP contribution >= 0.6 is 24.8 Å². The molecule has 0 spiro atoms. The Labute approximate surface area is 75.5 Å². The van der Waals surface area contributed by atoms with E-state index >= 15 is 0 Å². The van der Waals surface area contributed by atoms with Crippen molar-refractivity contribution in [1.82, 2.24) is 0 Å². The van der Waals surface area contributed by atoms with Gasteiger partial charge in [-0.3, -0.25) is 0 Å². The first-order valence-corrected chi connectivity index (χ1v) is 3.11. The van der Waals surface area contributed by atoms with E-state index in [0.29, 0.717) is 6.54 Å². The second-order valence-electron chi connectivity index (χ2n) is 2.61. The van der Waals surface area contributed by atoms with Crippen molar-refractivity contribution in [2.75, 3.05) is 6.54 Å². The van der Waals surface area contributed by atoms with Crippen LogP contribution in [0.3, 0.4) is 0 Å². The standard InChI is InChI=1S/C6H16N2.2ClH/c1-3-4-6(2,8)5-7;;/h3-5,7-8H2,1-2H3;2*1H. The largest absolute Gasteiger partial charge is 0.329 e. The molecule has 4 N–H and O–H groups in total. The molecule has 2 nitrogen and oxygen atoms in total. The average molecular weight is 189 g/mol. The molecule has 1 unspecified atom stereocenters. The first kappa shape index (κ1) is 16.8. The fourth-order valence-corrected chi connectivity index (χ4v) is 0.673. The van der Waals surface area contributed by atoms with Gasteiger partial charge in [-0.15, -0.1) is 24.8 Å². The minimum absolute atomic E-state index is 0. The summed E-state index contributed by atoms with van der Waals surface area (Å²) in [5, 5.41) is 0. The molecule has 0 aromatic heterocycles. The normalized spacial score (nSPS) is 14.4. The van der Waals surface area contributed by atoms with Crippen molar-refractivity contribution < 1.29 is 0 Å². The molecule has 0 saturated carbocycles. The predicted molar refractivity (Wildman–Crippen MR) is 51.1 cm³/mol. The number of rotatable bonds is 3. The summed E-state index contributed by atoms with van der Waals surface area (Å²) in [5.41, 5.74) is 10.9. The maximum Gasteiger partial charge on any atom is 0.0249 e. The maximum atomic E-state index is 5.70. The first-order valence-electron chi connectivity index (χ1n) is 3.11. The van der Waals surface area contributed by atoms with Gasteiger partial charge in [-0.2, -0.15) is 0 Å². The fourth-order valence-electron chi connectivity index (χ4n) is 0.673. The number of hydrogen-bond acceptors (Lipinski definition) is 2. The Kier molecular flexibility index (Phi) is 12.8. The van der Waals surface area contributed by atoms with Gasteiger partial charge in [0.15, 0.2) is 0 Å². The molecule has 1 atom stereocenters. The summed E-state index contributed by atoms with van der Waals surface area (Å²) < 4.78 is 0. The fraction of sp³-hybridized carbons (Fsp3) is 1.00. The molecule has 10 heavy (non-hydrogen) atoms. The van der Waals surface area contributed by atoms with Crippen molar-refractivity contribution in [3.05, 3.63) is 0 Å². The van der Waals surface area contributed by atoms with Crippen LogP contribution < -0.4 is 11.5 Å². The Hall–Kier alpha value is 0.500. The predicted octanol–water partition coefficient (Wildman–Crippen LogP) is 1.31. The molecule has 0 bridgehead atoms. The molecular formula is C6H18Cl2N2. The molecule has 0 rings (SSSR count). The van der Waals surface area contributed by atoms with Gasteiger partial charge in [0.2, 0.25) is 0 Å². The van der Waals surface area contributed by atoms with Crippen LogP contribution in [0.15, 0.2) is 0 Å². The van der Waals surface area contributed by atoms with Gasteiger partial charge < -0.3 is 11.5 Å². The summed E-state index contributed by atoms with van der Waals surface area (Å²) >= 11 is 0. The highest BCUT2D eigenvalue weighted by Gasteiger charge is 2.12. The highest BCUT2D eigenvalue weighted by atomic mass is 35.5. The second-order valence-corrected chi connectivity index (χ2v) is 2.61. The van der Waals surface area contributed by atoms with Crippen LogP contribution in [0.25, 0.3) is 0 Å². The lowest BCUT2D eigenvalue weighted by molar-refractivity contribution is 0.438. The van der Waals surface area contributed by atoms with E-state index in [2.05, 4.69) is 6.92 Å². The third-order valence-corrected chi connectivity index (χ3v) is 1.29. The van der Waals surface area contributed by atoms with Crippen molar-refractivity contribution >= 4 is 24.8 Å². The molecule has 66 valence electrons. The Bertz CT molecular complexity index is 66.8. The summed E-state index contributed by atoms with van der Waals surface area (Å²) in [4.78, 5) is 0. The third kappa shape index (κ3) is 8.50. The van der Waals surface area contributed by atoms with E-state index in [9.17, 15) is 0 Å². The van der Waals surface area contributed by atoms with E-state index < -0.39 is 0 Å². The summed E-state index contributed by atoms with van der Waals surface area (Å²) in [5.74, 6) is 0. The molecule has 0 saturated heterocycles. The van der Waals surface area contributed by atoms with Gasteiger partial charge in [0.1, 0.15) is 0 Å². The smallest absolute Gasteiger partial charge is 0.0249 e.